The molecule has 0 unspecified atom stereocenters. The molecule has 0 fully saturated rings. The summed E-state index contributed by atoms with van der Waals surface area (Å²) in [7, 11) is 0. The van der Waals surface area contributed by atoms with E-state index in [-0.39, 0.29) is 5.69 Å². The van der Waals surface area contributed by atoms with Gasteiger partial charge in [0.1, 0.15) is 5.69 Å². The third kappa shape index (κ3) is 0.790. The highest BCUT2D eigenvalue weighted by molar-refractivity contribution is 5.40. The maximum absolute atomic E-state index is 10.4. The average Bonchev–Trinajstić information content (AvgIpc) is 2.11. The number of rotatable bonds is 1. The van der Waals surface area contributed by atoms with Gasteiger partial charge < -0.3 is 9.63 Å². The van der Waals surface area contributed by atoms with Gasteiger partial charge in [0.15, 0.2) is 5.95 Å². The molecule has 10 heavy (non-hydrogen) atoms. The summed E-state index contributed by atoms with van der Waals surface area (Å²) in [5.41, 5.74) is -0.574. The molecule has 1 heterocycles. The second kappa shape index (κ2) is 1.98. The van der Waals surface area contributed by atoms with Crippen LogP contribution in [0.15, 0.2) is 4.52 Å². The second-order valence-electron chi connectivity index (χ2n) is 1.66. The summed E-state index contributed by atoms with van der Waals surface area (Å²) in [6.07, 6.45) is 0. The standard InChI is InChI=1S/C4H4N2O4/c1-2-3(6(8)9)4(7)10-5-2/h7H,1H3/p-1. The molecule has 0 N–H and O–H groups in total. The van der Waals surface area contributed by atoms with Crippen LogP contribution in [0, 0.1) is 17.0 Å². The molecule has 54 valence electrons. The lowest BCUT2D eigenvalue weighted by molar-refractivity contribution is -0.402. The summed E-state index contributed by atoms with van der Waals surface area (Å²) < 4.78 is 4.01. The van der Waals surface area contributed by atoms with Crippen LogP contribution in [0.25, 0.3) is 0 Å². The first-order valence-corrected chi connectivity index (χ1v) is 2.40. The molecule has 0 aliphatic carbocycles. The Morgan fingerprint density at radius 1 is 1.70 bits per heavy atom. The lowest BCUT2D eigenvalue weighted by atomic mass is 10.4. The van der Waals surface area contributed by atoms with Crippen molar-refractivity contribution < 1.29 is 14.6 Å². The van der Waals surface area contributed by atoms with Gasteiger partial charge in [-0.1, -0.05) is 0 Å². The van der Waals surface area contributed by atoms with Gasteiger partial charge >= 0.3 is 5.69 Å². The Kier molecular flexibility index (Phi) is 1.29. The normalized spacial score (nSPS) is 9.70. The molecule has 0 saturated carbocycles. The van der Waals surface area contributed by atoms with E-state index in [2.05, 4.69) is 9.68 Å². The van der Waals surface area contributed by atoms with Crippen LogP contribution < -0.4 is 5.11 Å². The number of nitrogens with zero attached hydrogens (tertiary/aromatic N) is 2. The van der Waals surface area contributed by atoms with E-state index in [9.17, 15) is 15.2 Å². The number of hydrogen-bond donors (Lipinski definition) is 0. The molecule has 0 bridgehead atoms. The van der Waals surface area contributed by atoms with Crippen LogP contribution in [0.4, 0.5) is 5.69 Å². The Balaban J connectivity index is 3.23. The first-order chi connectivity index (χ1) is 4.63. The van der Waals surface area contributed by atoms with Crippen LogP contribution in [0.2, 0.25) is 0 Å². The molecule has 1 aromatic heterocycles. The maximum atomic E-state index is 10.4. The molecule has 0 radical (unpaired) electrons. The third-order valence-electron chi connectivity index (χ3n) is 0.984. The fraction of sp³-hybridized carbons (Fsp3) is 0.250. The van der Waals surface area contributed by atoms with Crippen molar-refractivity contribution in [1.82, 2.24) is 5.16 Å². The van der Waals surface area contributed by atoms with E-state index >= 15 is 0 Å². The minimum Gasteiger partial charge on any atom is -0.539 e. The van der Waals surface area contributed by atoms with E-state index in [0.29, 0.717) is 0 Å². The van der Waals surface area contributed by atoms with Crippen LogP contribution in [0.3, 0.4) is 0 Å². The van der Waals surface area contributed by atoms with Crippen LogP contribution >= 0.6 is 0 Å². The van der Waals surface area contributed by atoms with Gasteiger partial charge in [0.05, 0.1) is 4.92 Å². The zero-order valence-electron chi connectivity index (χ0n) is 5.03. The van der Waals surface area contributed by atoms with Crippen LogP contribution in [-0.4, -0.2) is 10.1 Å². The van der Waals surface area contributed by atoms with Gasteiger partial charge in [-0.05, 0) is 6.92 Å². The summed E-state index contributed by atoms with van der Waals surface area (Å²) in [5.74, 6) is -0.998. The summed E-state index contributed by atoms with van der Waals surface area (Å²) in [6, 6.07) is 0. The van der Waals surface area contributed by atoms with Crippen molar-refractivity contribution in [2.24, 2.45) is 0 Å². The van der Waals surface area contributed by atoms with E-state index in [1.54, 1.807) is 0 Å². The summed E-state index contributed by atoms with van der Waals surface area (Å²) in [4.78, 5) is 9.20. The highest BCUT2D eigenvalue weighted by Crippen LogP contribution is 2.25. The van der Waals surface area contributed by atoms with Crippen molar-refractivity contribution in [3.63, 3.8) is 0 Å². The Bertz CT molecular complexity index is 247. The van der Waals surface area contributed by atoms with Crippen LogP contribution in [-0.2, 0) is 0 Å². The first-order valence-electron chi connectivity index (χ1n) is 2.40. The lowest BCUT2D eigenvalue weighted by Gasteiger charge is -1.89. The summed E-state index contributed by atoms with van der Waals surface area (Å²) in [6.45, 7) is 1.34. The lowest BCUT2D eigenvalue weighted by Crippen LogP contribution is -1.94. The molecule has 6 nitrogen and oxygen atoms in total. The van der Waals surface area contributed by atoms with Crippen molar-refractivity contribution in [1.29, 1.82) is 0 Å². The SMILES string of the molecule is Cc1noc([O-])c1[N+](=O)[O-]. The molecular weight excluding hydrogens is 140 g/mol. The van der Waals surface area contributed by atoms with Gasteiger partial charge in [-0.25, -0.2) is 0 Å². The van der Waals surface area contributed by atoms with Crippen molar-refractivity contribution in [2.75, 3.05) is 0 Å². The molecule has 0 aliphatic rings. The minimum absolute atomic E-state index is 0.00926. The van der Waals surface area contributed by atoms with Gasteiger partial charge in [-0.15, -0.1) is 0 Å². The Morgan fingerprint density at radius 2 is 2.30 bits per heavy atom. The zero-order valence-corrected chi connectivity index (χ0v) is 5.03. The molecule has 1 rings (SSSR count). The fourth-order valence-corrected chi connectivity index (χ4v) is 0.551. The molecule has 6 heteroatoms. The van der Waals surface area contributed by atoms with Gasteiger partial charge in [0.25, 0.3) is 0 Å². The molecule has 1 aromatic rings. The van der Waals surface area contributed by atoms with Gasteiger partial charge in [0, 0.05) is 0 Å². The van der Waals surface area contributed by atoms with Gasteiger partial charge in [-0.2, -0.15) is 5.16 Å². The Morgan fingerprint density at radius 3 is 2.50 bits per heavy atom. The first kappa shape index (κ1) is 6.53. The van der Waals surface area contributed by atoms with Crippen molar-refractivity contribution in [3.05, 3.63) is 15.8 Å². The number of aromatic nitrogens is 1. The molecule has 0 aromatic carbocycles. The molecular formula is C4H3N2O4-. The average molecular weight is 143 g/mol. The summed E-state index contributed by atoms with van der Waals surface area (Å²) in [5, 5.41) is 23.5. The minimum atomic E-state index is -0.998. The van der Waals surface area contributed by atoms with Crippen molar-refractivity contribution in [3.8, 4) is 5.95 Å². The van der Waals surface area contributed by atoms with Gasteiger partial charge in [-0.3, -0.25) is 10.1 Å². The molecule has 0 aliphatic heterocycles. The van der Waals surface area contributed by atoms with Gasteiger partial charge in [0.2, 0.25) is 0 Å². The Labute approximate surface area is 55.2 Å². The maximum Gasteiger partial charge on any atom is 0.314 e. The predicted octanol–water partition coefficient (Wildman–Crippen LogP) is -0.0352. The highest BCUT2D eigenvalue weighted by Gasteiger charge is 2.14. The van der Waals surface area contributed by atoms with Crippen LogP contribution in [0.1, 0.15) is 5.69 Å². The van der Waals surface area contributed by atoms with Crippen molar-refractivity contribution >= 4 is 5.69 Å². The number of nitro groups is 1. The number of hydrogen-bond acceptors (Lipinski definition) is 5. The quantitative estimate of drug-likeness (QED) is 0.406. The zero-order chi connectivity index (χ0) is 7.72. The van der Waals surface area contributed by atoms with Crippen LogP contribution in [0.5, 0.6) is 5.95 Å². The molecule has 0 atom stereocenters. The third-order valence-corrected chi connectivity index (χ3v) is 0.984. The Hall–Kier alpha value is -1.59. The molecule has 0 saturated heterocycles. The largest absolute Gasteiger partial charge is 0.539 e. The van der Waals surface area contributed by atoms with E-state index in [1.165, 1.54) is 6.92 Å². The predicted molar refractivity (Wildman–Crippen MR) is 27.3 cm³/mol. The monoisotopic (exact) mass is 143 g/mol. The second-order valence-corrected chi connectivity index (χ2v) is 1.66. The summed E-state index contributed by atoms with van der Waals surface area (Å²) >= 11 is 0. The van der Waals surface area contributed by atoms with E-state index in [1.807, 2.05) is 0 Å². The fourth-order valence-electron chi connectivity index (χ4n) is 0.551. The molecule has 0 amide bonds. The van der Waals surface area contributed by atoms with E-state index in [0.717, 1.165) is 0 Å². The topological polar surface area (TPSA) is 92.2 Å². The molecule has 0 spiro atoms. The smallest absolute Gasteiger partial charge is 0.314 e. The highest BCUT2D eigenvalue weighted by atomic mass is 16.6. The van der Waals surface area contributed by atoms with E-state index < -0.39 is 16.6 Å². The number of aryl methyl sites for hydroxylation is 1. The van der Waals surface area contributed by atoms with E-state index in [4.69, 9.17) is 0 Å². The van der Waals surface area contributed by atoms with Crippen molar-refractivity contribution in [2.45, 2.75) is 6.92 Å².